The van der Waals surface area contributed by atoms with E-state index in [1.165, 1.54) is 12.8 Å². The predicted octanol–water partition coefficient (Wildman–Crippen LogP) is 1.44. The van der Waals surface area contributed by atoms with Crippen LogP contribution in [0.3, 0.4) is 0 Å². The minimum Gasteiger partial charge on any atom is -0.369 e. The Labute approximate surface area is 61.8 Å². The molecule has 1 aliphatic carbocycles. The van der Waals surface area contributed by atoms with Gasteiger partial charge in [-0.25, -0.2) is 0 Å². The Hall–Kier alpha value is -0.530. The molecular formula is C8H15NO. The number of amides is 1. The van der Waals surface area contributed by atoms with Crippen molar-refractivity contribution in [2.75, 3.05) is 0 Å². The van der Waals surface area contributed by atoms with E-state index < -0.39 is 0 Å². The lowest BCUT2D eigenvalue weighted by Gasteiger charge is -2.22. The first-order valence-electron chi connectivity index (χ1n) is 4.01. The van der Waals surface area contributed by atoms with E-state index in [1.807, 2.05) is 0 Å². The second-order valence-corrected chi connectivity index (χ2v) is 3.21. The fourth-order valence-electron chi connectivity index (χ4n) is 1.83. The predicted molar refractivity (Wildman–Crippen MR) is 40.4 cm³/mol. The third-order valence-electron chi connectivity index (χ3n) is 2.76. The first kappa shape index (κ1) is 7.58. The summed E-state index contributed by atoms with van der Waals surface area (Å²) in [6, 6.07) is 0. The lowest BCUT2D eigenvalue weighted by Crippen LogP contribution is -2.33. The molecule has 2 nitrogen and oxygen atoms in total. The van der Waals surface area contributed by atoms with Crippen LogP contribution in [-0.4, -0.2) is 5.91 Å². The Kier molecular flexibility index (Phi) is 1.97. The molecule has 0 aliphatic heterocycles. The summed E-state index contributed by atoms with van der Waals surface area (Å²) in [4.78, 5) is 11.0. The Morgan fingerprint density at radius 3 is 2.20 bits per heavy atom. The van der Waals surface area contributed by atoms with E-state index in [0.29, 0.717) is 0 Å². The van der Waals surface area contributed by atoms with E-state index in [4.69, 9.17) is 5.73 Å². The SMILES string of the molecule is CCC1(C(N)=O)CCCC1. The van der Waals surface area contributed by atoms with Crippen molar-refractivity contribution >= 4 is 5.91 Å². The largest absolute Gasteiger partial charge is 0.369 e. The van der Waals surface area contributed by atoms with E-state index in [-0.39, 0.29) is 11.3 Å². The highest BCUT2D eigenvalue weighted by molar-refractivity contribution is 5.81. The molecule has 1 rings (SSSR count). The molecule has 0 unspecified atom stereocenters. The lowest BCUT2D eigenvalue weighted by atomic mass is 9.83. The maximum absolute atomic E-state index is 11.0. The minimum atomic E-state index is -0.125. The van der Waals surface area contributed by atoms with Gasteiger partial charge in [-0.05, 0) is 19.3 Å². The number of nitrogens with two attached hydrogens (primary N) is 1. The molecule has 1 amide bonds. The van der Waals surface area contributed by atoms with Crippen LogP contribution in [0.1, 0.15) is 39.0 Å². The highest BCUT2D eigenvalue weighted by Crippen LogP contribution is 2.40. The molecule has 2 N–H and O–H groups in total. The van der Waals surface area contributed by atoms with Crippen LogP contribution < -0.4 is 5.73 Å². The summed E-state index contributed by atoms with van der Waals surface area (Å²) in [5.74, 6) is -0.0903. The van der Waals surface area contributed by atoms with Gasteiger partial charge in [-0.2, -0.15) is 0 Å². The first-order valence-corrected chi connectivity index (χ1v) is 4.01. The molecule has 0 atom stereocenters. The number of primary amides is 1. The normalized spacial score (nSPS) is 22.9. The summed E-state index contributed by atoms with van der Waals surface area (Å²) in [5, 5.41) is 0. The third kappa shape index (κ3) is 1.02. The van der Waals surface area contributed by atoms with Crippen molar-refractivity contribution in [3.8, 4) is 0 Å². The van der Waals surface area contributed by atoms with E-state index in [1.54, 1.807) is 0 Å². The Morgan fingerprint density at radius 1 is 1.50 bits per heavy atom. The third-order valence-corrected chi connectivity index (χ3v) is 2.76. The molecule has 2 heteroatoms. The number of rotatable bonds is 2. The number of carbonyl (C=O) groups excluding carboxylic acids is 1. The number of hydrogen-bond acceptors (Lipinski definition) is 1. The standard InChI is InChI=1S/C8H15NO/c1-2-8(7(9)10)5-3-4-6-8/h2-6H2,1H3,(H2,9,10). The van der Waals surface area contributed by atoms with Gasteiger partial charge in [-0.1, -0.05) is 19.8 Å². The van der Waals surface area contributed by atoms with Crippen molar-refractivity contribution in [1.82, 2.24) is 0 Å². The van der Waals surface area contributed by atoms with Crippen LogP contribution in [-0.2, 0) is 4.79 Å². The van der Waals surface area contributed by atoms with Gasteiger partial charge in [-0.3, -0.25) is 4.79 Å². The second kappa shape index (κ2) is 2.60. The van der Waals surface area contributed by atoms with Crippen molar-refractivity contribution in [2.45, 2.75) is 39.0 Å². The average Bonchev–Trinajstić information content (AvgIpc) is 2.35. The van der Waals surface area contributed by atoms with E-state index in [9.17, 15) is 4.79 Å². The van der Waals surface area contributed by atoms with Gasteiger partial charge in [0.2, 0.25) is 5.91 Å². The summed E-state index contributed by atoms with van der Waals surface area (Å²) >= 11 is 0. The molecule has 0 saturated heterocycles. The van der Waals surface area contributed by atoms with Crippen LogP contribution in [0.5, 0.6) is 0 Å². The minimum absolute atomic E-state index is 0.0903. The summed E-state index contributed by atoms with van der Waals surface area (Å²) in [7, 11) is 0. The lowest BCUT2D eigenvalue weighted by molar-refractivity contribution is -0.127. The quantitative estimate of drug-likeness (QED) is 0.621. The van der Waals surface area contributed by atoms with Gasteiger partial charge < -0.3 is 5.73 Å². The van der Waals surface area contributed by atoms with Crippen LogP contribution in [0.25, 0.3) is 0 Å². The van der Waals surface area contributed by atoms with Gasteiger partial charge in [0.1, 0.15) is 0 Å². The van der Waals surface area contributed by atoms with Crippen molar-refractivity contribution in [1.29, 1.82) is 0 Å². The van der Waals surface area contributed by atoms with Crippen LogP contribution in [0.4, 0.5) is 0 Å². The molecule has 1 fully saturated rings. The molecule has 0 heterocycles. The zero-order chi connectivity index (χ0) is 7.61. The van der Waals surface area contributed by atoms with Crippen LogP contribution in [0.2, 0.25) is 0 Å². The maximum Gasteiger partial charge on any atom is 0.223 e. The van der Waals surface area contributed by atoms with Gasteiger partial charge in [0, 0.05) is 5.41 Å². The highest BCUT2D eigenvalue weighted by Gasteiger charge is 2.37. The van der Waals surface area contributed by atoms with Gasteiger partial charge in [0.15, 0.2) is 0 Å². The fourth-order valence-corrected chi connectivity index (χ4v) is 1.83. The fraction of sp³-hybridized carbons (Fsp3) is 0.875. The first-order chi connectivity index (χ1) is 4.71. The summed E-state index contributed by atoms with van der Waals surface area (Å²) in [5.41, 5.74) is 5.18. The molecule has 1 saturated carbocycles. The van der Waals surface area contributed by atoms with Gasteiger partial charge in [0.25, 0.3) is 0 Å². The number of carbonyl (C=O) groups is 1. The topological polar surface area (TPSA) is 43.1 Å². The van der Waals surface area contributed by atoms with Gasteiger partial charge in [-0.15, -0.1) is 0 Å². The summed E-state index contributed by atoms with van der Waals surface area (Å²) in [6.45, 7) is 2.05. The molecule has 1 aliphatic rings. The molecule has 0 bridgehead atoms. The van der Waals surface area contributed by atoms with E-state index in [2.05, 4.69) is 6.92 Å². The van der Waals surface area contributed by atoms with Crippen LogP contribution >= 0.6 is 0 Å². The average molecular weight is 141 g/mol. The molecule has 0 aromatic carbocycles. The summed E-state index contributed by atoms with van der Waals surface area (Å²) < 4.78 is 0. The molecule has 0 spiro atoms. The molecule has 0 radical (unpaired) electrons. The zero-order valence-corrected chi connectivity index (χ0v) is 6.52. The van der Waals surface area contributed by atoms with Crippen molar-refractivity contribution in [3.05, 3.63) is 0 Å². The zero-order valence-electron chi connectivity index (χ0n) is 6.52. The van der Waals surface area contributed by atoms with Crippen LogP contribution in [0, 0.1) is 5.41 Å². The highest BCUT2D eigenvalue weighted by atomic mass is 16.1. The summed E-state index contributed by atoms with van der Waals surface area (Å²) in [6.07, 6.45) is 5.30. The van der Waals surface area contributed by atoms with Gasteiger partial charge >= 0.3 is 0 Å². The second-order valence-electron chi connectivity index (χ2n) is 3.21. The smallest absolute Gasteiger partial charge is 0.223 e. The van der Waals surface area contributed by atoms with E-state index >= 15 is 0 Å². The van der Waals surface area contributed by atoms with Gasteiger partial charge in [0.05, 0.1) is 0 Å². The Balaban J connectivity index is 2.67. The van der Waals surface area contributed by atoms with Crippen LogP contribution in [0.15, 0.2) is 0 Å². The molecule has 0 aromatic heterocycles. The van der Waals surface area contributed by atoms with Crippen molar-refractivity contribution in [2.24, 2.45) is 11.1 Å². The maximum atomic E-state index is 11.0. The molecule has 0 aromatic rings. The molecular weight excluding hydrogens is 126 g/mol. The molecule has 58 valence electrons. The number of hydrogen-bond donors (Lipinski definition) is 1. The van der Waals surface area contributed by atoms with Crippen molar-refractivity contribution < 1.29 is 4.79 Å². The van der Waals surface area contributed by atoms with E-state index in [0.717, 1.165) is 19.3 Å². The molecule has 10 heavy (non-hydrogen) atoms. The van der Waals surface area contributed by atoms with Crippen molar-refractivity contribution in [3.63, 3.8) is 0 Å². The Bertz CT molecular complexity index is 136. The monoisotopic (exact) mass is 141 g/mol. The Morgan fingerprint density at radius 2 is 2.00 bits per heavy atom.